The van der Waals surface area contributed by atoms with Gasteiger partial charge in [0.05, 0.1) is 11.8 Å². The van der Waals surface area contributed by atoms with Crippen LogP contribution in [0.5, 0.6) is 5.75 Å². The fourth-order valence-corrected chi connectivity index (χ4v) is 9.77. The topological polar surface area (TPSA) is 174 Å². The number of anilines is 1. The number of aromatic hydroxyl groups is 1. The van der Waals surface area contributed by atoms with Crippen molar-refractivity contribution in [3.8, 4) is 11.4 Å². The fraction of sp³-hybridized carbons (Fsp3) is 0.475. The lowest BCUT2D eigenvalue weighted by molar-refractivity contribution is -0.143. The third-order valence-electron chi connectivity index (χ3n) is 12.2. The predicted octanol–water partition coefficient (Wildman–Crippen LogP) is 1.56. The number of fused-ring (bicyclic) bond motifs is 2. The molecule has 0 spiro atoms. The SMILES string of the molecule is Bc1cc(C[C@@H](OC(=O)N2CCC(N3CCc4ccccc4NC3=O)CC2)C(=O)N2CCN(C3CCN(S(C)(=O)=O)CC3)CC2)cc(-n2nnc3ccccc32)c1O. The Hall–Kier alpha value is -5.20. The summed E-state index contributed by atoms with van der Waals surface area (Å²) in [6, 6.07) is 18.8. The molecule has 3 fully saturated rings. The van der Waals surface area contributed by atoms with Gasteiger partial charge >= 0.3 is 12.1 Å². The third kappa shape index (κ3) is 8.36. The lowest BCUT2D eigenvalue weighted by atomic mass is 9.90. The van der Waals surface area contributed by atoms with E-state index in [0.717, 1.165) is 30.5 Å². The van der Waals surface area contributed by atoms with E-state index in [4.69, 9.17) is 4.74 Å². The van der Waals surface area contributed by atoms with E-state index in [1.807, 2.05) is 53.4 Å². The molecule has 3 aromatic carbocycles. The summed E-state index contributed by atoms with van der Waals surface area (Å²) in [5.74, 6) is -0.267. The third-order valence-corrected chi connectivity index (χ3v) is 13.5. The zero-order chi connectivity index (χ0) is 40.6. The van der Waals surface area contributed by atoms with Crippen LogP contribution in [0, 0.1) is 0 Å². The van der Waals surface area contributed by atoms with Crippen LogP contribution in [0.15, 0.2) is 60.7 Å². The predicted molar refractivity (Wildman–Crippen MR) is 221 cm³/mol. The highest BCUT2D eigenvalue weighted by Gasteiger charge is 2.37. The number of phenolic OH excluding ortho intramolecular Hbond substituents is 1. The summed E-state index contributed by atoms with van der Waals surface area (Å²) >= 11 is 0. The summed E-state index contributed by atoms with van der Waals surface area (Å²) in [5, 5.41) is 22.8. The average molecular weight is 812 g/mol. The lowest BCUT2D eigenvalue weighted by Crippen LogP contribution is -2.57. The Morgan fingerprint density at radius 3 is 2.33 bits per heavy atom. The van der Waals surface area contributed by atoms with E-state index in [-0.39, 0.29) is 36.2 Å². The average Bonchev–Trinajstić information content (AvgIpc) is 3.58. The maximum absolute atomic E-state index is 14.4. The zero-order valence-corrected chi connectivity index (χ0v) is 33.8. The van der Waals surface area contributed by atoms with Crippen LogP contribution in [0.25, 0.3) is 16.7 Å². The molecule has 306 valence electrons. The Balaban J connectivity index is 0.966. The number of likely N-dealkylation sites (tertiary alicyclic amines) is 1. The minimum Gasteiger partial charge on any atom is -0.506 e. The first-order valence-corrected chi connectivity index (χ1v) is 22.0. The number of hydrogen-bond acceptors (Lipinski definition) is 10. The number of piperidine rings is 2. The van der Waals surface area contributed by atoms with Crippen molar-refractivity contribution in [3.05, 3.63) is 71.8 Å². The van der Waals surface area contributed by atoms with Gasteiger partial charge in [-0.25, -0.2) is 27.0 Å². The summed E-state index contributed by atoms with van der Waals surface area (Å²) in [5.41, 5.74) is 4.95. The van der Waals surface area contributed by atoms with E-state index in [1.165, 1.54) is 10.6 Å². The van der Waals surface area contributed by atoms with E-state index < -0.39 is 22.2 Å². The van der Waals surface area contributed by atoms with Crippen molar-refractivity contribution in [3.63, 3.8) is 0 Å². The monoisotopic (exact) mass is 811 g/mol. The number of nitrogens with zero attached hydrogens (tertiary/aromatic N) is 8. The molecule has 0 radical (unpaired) electrons. The first-order chi connectivity index (χ1) is 27.9. The lowest BCUT2D eigenvalue weighted by Gasteiger charge is -2.43. The molecule has 0 saturated carbocycles. The van der Waals surface area contributed by atoms with Crippen LogP contribution in [-0.4, -0.2) is 162 Å². The maximum Gasteiger partial charge on any atom is 0.410 e. The Labute approximate surface area is 339 Å². The van der Waals surface area contributed by atoms with Crippen molar-refractivity contribution >= 4 is 58.1 Å². The number of nitrogens with one attached hydrogen (secondary N) is 1. The molecule has 4 aliphatic heterocycles. The molecule has 58 heavy (non-hydrogen) atoms. The number of sulfonamides is 1. The smallest absolute Gasteiger partial charge is 0.410 e. The second kappa shape index (κ2) is 16.6. The molecule has 4 aromatic rings. The number of piperazine rings is 1. The van der Waals surface area contributed by atoms with E-state index in [9.17, 15) is 27.9 Å². The van der Waals surface area contributed by atoms with Gasteiger partial charge in [-0.2, -0.15) is 0 Å². The minimum absolute atomic E-state index is 0.0302. The van der Waals surface area contributed by atoms with Crippen LogP contribution in [0.2, 0.25) is 0 Å². The van der Waals surface area contributed by atoms with Gasteiger partial charge in [0.15, 0.2) is 6.10 Å². The van der Waals surface area contributed by atoms with Crippen molar-refractivity contribution in [1.29, 1.82) is 0 Å². The minimum atomic E-state index is -3.23. The number of urea groups is 1. The number of ether oxygens (including phenoxy) is 1. The number of carbonyl (C=O) groups is 3. The summed E-state index contributed by atoms with van der Waals surface area (Å²) < 4.78 is 33.4. The highest BCUT2D eigenvalue weighted by atomic mass is 32.2. The Morgan fingerprint density at radius 2 is 1.59 bits per heavy atom. The number of carbonyl (C=O) groups excluding carboxylic acids is 3. The quantitative estimate of drug-likeness (QED) is 0.249. The fourth-order valence-electron chi connectivity index (χ4n) is 8.90. The van der Waals surface area contributed by atoms with Crippen LogP contribution in [0.4, 0.5) is 15.3 Å². The number of benzene rings is 3. The van der Waals surface area contributed by atoms with Gasteiger partial charge in [0, 0.05) is 83.1 Å². The largest absolute Gasteiger partial charge is 0.506 e. The molecule has 4 amide bonds. The highest BCUT2D eigenvalue weighted by molar-refractivity contribution is 7.88. The second-order valence-corrected chi connectivity index (χ2v) is 17.8. The van der Waals surface area contributed by atoms with Crippen molar-refractivity contribution in [2.75, 3.05) is 70.5 Å². The second-order valence-electron chi connectivity index (χ2n) is 15.9. The summed E-state index contributed by atoms with van der Waals surface area (Å²) in [6.45, 7) is 4.43. The van der Waals surface area contributed by atoms with Gasteiger partial charge in [-0.15, -0.1) is 5.10 Å². The van der Waals surface area contributed by atoms with E-state index in [2.05, 4.69) is 20.5 Å². The van der Waals surface area contributed by atoms with Crippen molar-refractivity contribution < 1.29 is 32.6 Å². The summed E-state index contributed by atoms with van der Waals surface area (Å²) in [6.07, 6.45) is 2.95. The number of rotatable bonds is 8. The molecule has 4 aliphatic rings. The molecule has 16 nitrogen and oxygen atoms in total. The maximum atomic E-state index is 14.4. The molecule has 18 heteroatoms. The molecule has 0 bridgehead atoms. The number of para-hydroxylation sites is 2. The molecule has 5 heterocycles. The standard InChI is InChI=1S/C40H50BN9O7S/c1-58(55,56)48-17-13-29(14-18-48)45-20-22-46(23-21-45)38(52)36(26-27-24-31(41)37(51)35(25-27)50-34-9-5-4-8-33(34)43-44-50)57-40(54)47-15-11-30(12-16-47)49-19-10-28-6-2-3-7-32(28)42-39(49)53/h2-9,24-25,29-30,36,51H,10-23,26,41H2,1H3,(H,42,53)/t36-/m1/s1. The first kappa shape index (κ1) is 39.6. The van der Waals surface area contributed by atoms with Crippen LogP contribution < -0.4 is 10.8 Å². The molecule has 0 aliphatic carbocycles. The first-order valence-electron chi connectivity index (χ1n) is 20.2. The molecule has 0 unspecified atom stereocenters. The van der Waals surface area contributed by atoms with Crippen LogP contribution >= 0.6 is 0 Å². The summed E-state index contributed by atoms with van der Waals surface area (Å²) in [4.78, 5) is 49.2. The number of amides is 4. The normalized spacial score (nSPS) is 19.7. The molecular weight excluding hydrogens is 761 g/mol. The van der Waals surface area contributed by atoms with Gasteiger partial charge in [-0.3, -0.25) is 9.69 Å². The summed E-state index contributed by atoms with van der Waals surface area (Å²) in [7, 11) is -1.45. The van der Waals surface area contributed by atoms with Crippen LogP contribution in [0.3, 0.4) is 0 Å². The van der Waals surface area contributed by atoms with Crippen molar-refractivity contribution in [1.82, 2.24) is 38.9 Å². The molecular formula is C40H50BN9O7S. The molecule has 3 saturated heterocycles. The van der Waals surface area contributed by atoms with Crippen LogP contribution in [0.1, 0.15) is 36.8 Å². The number of hydrogen-bond donors (Lipinski definition) is 2. The van der Waals surface area contributed by atoms with Crippen molar-refractivity contribution in [2.24, 2.45) is 0 Å². The molecule has 1 atom stereocenters. The van der Waals surface area contributed by atoms with Gasteiger partial charge in [-0.1, -0.05) is 41.6 Å². The van der Waals surface area contributed by atoms with Crippen molar-refractivity contribution in [2.45, 2.75) is 56.7 Å². The van der Waals surface area contributed by atoms with Gasteiger partial charge in [0.1, 0.15) is 24.8 Å². The Kier molecular flexibility index (Phi) is 11.3. The number of aromatic nitrogens is 3. The van der Waals surface area contributed by atoms with E-state index in [1.54, 1.807) is 34.5 Å². The Bertz CT molecular complexity index is 2280. The molecule has 2 N–H and O–H groups in total. The van der Waals surface area contributed by atoms with E-state index >= 15 is 0 Å². The van der Waals surface area contributed by atoms with E-state index in [0.29, 0.717) is 99.5 Å². The number of phenols is 1. The van der Waals surface area contributed by atoms with Gasteiger partial charge in [0.2, 0.25) is 10.0 Å². The zero-order valence-electron chi connectivity index (χ0n) is 33.0. The Morgan fingerprint density at radius 1 is 0.897 bits per heavy atom. The van der Waals surface area contributed by atoms with Gasteiger partial charge < -0.3 is 29.9 Å². The molecule has 1 aromatic heterocycles. The molecule has 8 rings (SSSR count). The van der Waals surface area contributed by atoms with Gasteiger partial charge in [-0.05, 0) is 73.0 Å². The van der Waals surface area contributed by atoms with Crippen LogP contribution in [-0.2, 0) is 32.4 Å². The van der Waals surface area contributed by atoms with Gasteiger partial charge in [0.25, 0.3) is 5.91 Å². The highest BCUT2D eigenvalue weighted by Crippen LogP contribution is 2.28.